The minimum atomic E-state index is -0.121. The first kappa shape index (κ1) is 20.2. The standard InChI is InChI=1S/C23H30N2O3/c1-16(2)17-5-8-20(9-6-17)28-15-23(26)24-14-21(25(3)4)18-7-10-22-19(13-18)11-12-27-22/h5-10,13,16,21H,11-12,14-15H2,1-4H3,(H,24,26). The molecular weight excluding hydrogens is 352 g/mol. The van der Waals surface area contributed by atoms with Crippen LogP contribution in [0.3, 0.4) is 0 Å². The molecule has 2 aromatic rings. The van der Waals surface area contributed by atoms with Gasteiger partial charge < -0.3 is 19.7 Å². The molecule has 0 spiro atoms. The zero-order chi connectivity index (χ0) is 20.1. The number of hydrogen-bond donors (Lipinski definition) is 1. The Balaban J connectivity index is 1.53. The molecule has 0 saturated carbocycles. The quantitative estimate of drug-likeness (QED) is 0.759. The molecule has 5 heteroatoms. The lowest BCUT2D eigenvalue weighted by Crippen LogP contribution is -2.36. The number of benzene rings is 2. The zero-order valence-electron chi connectivity index (χ0n) is 17.2. The van der Waals surface area contributed by atoms with Gasteiger partial charge in [0.25, 0.3) is 5.91 Å². The summed E-state index contributed by atoms with van der Waals surface area (Å²) in [5.74, 6) is 2.04. The highest BCUT2D eigenvalue weighted by Gasteiger charge is 2.19. The first-order chi connectivity index (χ1) is 13.4. The Kier molecular flexibility index (Phi) is 6.57. The predicted molar refractivity (Wildman–Crippen MR) is 111 cm³/mol. The van der Waals surface area contributed by atoms with Gasteiger partial charge in [-0.15, -0.1) is 0 Å². The van der Waals surface area contributed by atoms with Gasteiger partial charge in [-0.3, -0.25) is 4.79 Å². The molecule has 0 saturated heterocycles. The molecule has 1 N–H and O–H groups in total. The van der Waals surface area contributed by atoms with Crippen LogP contribution in [0, 0.1) is 0 Å². The van der Waals surface area contributed by atoms with Gasteiger partial charge in [-0.25, -0.2) is 0 Å². The van der Waals surface area contributed by atoms with E-state index in [2.05, 4.69) is 36.2 Å². The maximum absolute atomic E-state index is 12.3. The molecule has 28 heavy (non-hydrogen) atoms. The Hall–Kier alpha value is -2.53. The van der Waals surface area contributed by atoms with E-state index in [0.29, 0.717) is 18.2 Å². The van der Waals surface area contributed by atoms with E-state index >= 15 is 0 Å². The van der Waals surface area contributed by atoms with Crippen LogP contribution in [0.25, 0.3) is 0 Å². The highest BCUT2D eigenvalue weighted by molar-refractivity contribution is 5.77. The molecule has 1 atom stereocenters. The van der Waals surface area contributed by atoms with E-state index in [1.807, 2.05) is 44.4 Å². The van der Waals surface area contributed by atoms with E-state index in [1.54, 1.807) is 0 Å². The van der Waals surface area contributed by atoms with Crippen LogP contribution in [-0.2, 0) is 11.2 Å². The van der Waals surface area contributed by atoms with Crippen molar-refractivity contribution in [3.63, 3.8) is 0 Å². The Morgan fingerprint density at radius 1 is 1.14 bits per heavy atom. The van der Waals surface area contributed by atoms with Crippen molar-refractivity contribution >= 4 is 5.91 Å². The summed E-state index contributed by atoms with van der Waals surface area (Å²) in [5.41, 5.74) is 3.67. The Morgan fingerprint density at radius 3 is 2.54 bits per heavy atom. The second-order valence-electron chi connectivity index (χ2n) is 7.76. The van der Waals surface area contributed by atoms with E-state index < -0.39 is 0 Å². The summed E-state index contributed by atoms with van der Waals surface area (Å²) in [5, 5.41) is 2.99. The molecule has 1 amide bonds. The Bertz CT molecular complexity index is 800. The Labute approximate surface area is 167 Å². The van der Waals surface area contributed by atoms with Crippen LogP contribution >= 0.6 is 0 Å². The van der Waals surface area contributed by atoms with E-state index in [9.17, 15) is 4.79 Å². The van der Waals surface area contributed by atoms with Crippen LogP contribution in [0.5, 0.6) is 11.5 Å². The van der Waals surface area contributed by atoms with Crippen molar-refractivity contribution in [2.24, 2.45) is 0 Å². The molecule has 0 aromatic heterocycles. The third-order valence-electron chi connectivity index (χ3n) is 5.13. The maximum atomic E-state index is 12.3. The highest BCUT2D eigenvalue weighted by atomic mass is 16.5. The molecule has 1 heterocycles. The normalized spacial score (nSPS) is 13.9. The molecule has 0 aliphatic carbocycles. The second-order valence-corrected chi connectivity index (χ2v) is 7.76. The fourth-order valence-corrected chi connectivity index (χ4v) is 3.37. The van der Waals surface area contributed by atoms with Crippen LogP contribution in [0.15, 0.2) is 42.5 Å². The summed E-state index contributed by atoms with van der Waals surface area (Å²) in [6, 6.07) is 14.3. The molecular formula is C23H30N2O3. The molecule has 0 bridgehead atoms. The van der Waals surface area contributed by atoms with Crippen molar-refractivity contribution in [2.75, 3.05) is 33.9 Å². The van der Waals surface area contributed by atoms with E-state index in [0.717, 1.165) is 18.8 Å². The van der Waals surface area contributed by atoms with Crippen LogP contribution in [0.4, 0.5) is 0 Å². The van der Waals surface area contributed by atoms with Crippen LogP contribution < -0.4 is 14.8 Å². The molecule has 1 unspecified atom stereocenters. The molecule has 5 nitrogen and oxygen atoms in total. The number of carbonyl (C=O) groups excluding carboxylic acids is 1. The number of nitrogens with one attached hydrogen (secondary N) is 1. The van der Waals surface area contributed by atoms with Crippen molar-refractivity contribution in [2.45, 2.75) is 32.2 Å². The SMILES string of the molecule is CC(C)c1ccc(OCC(=O)NCC(c2ccc3c(c2)CCO3)N(C)C)cc1. The summed E-state index contributed by atoms with van der Waals surface area (Å²) in [6.07, 6.45) is 0.944. The van der Waals surface area contributed by atoms with Gasteiger partial charge >= 0.3 is 0 Å². The smallest absolute Gasteiger partial charge is 0.258 e. The Morgan fingerprint density at radius 2 is 1.86 bits per heavy atom. The number of hydrogen-bond acceptors (Lipinski definition) is 4. The van der Waals surface area contributed by atoms with Gasteiger partial charge in [-0.1, -0.05) is 38.1 Å². The summed E-state index contributed by atoms with van der Waals surface area (Å²) in [7, 11) is 4.04. The van der Waals surface area contributed by atoms with Gasteiger partial charge in [0.1, 0.15) is 11.5 Å². The topological polar surface area (TPSA) is 50.8 Å². The number of likely N-dealkylation sites (N-methyl/N-ethyl adjacent to an activating group) is 1. The van der Waals surface area contributed by atoms with Gasteiger partial charge in [-0.2, -0.15) is 0 Å². The first-order valence-corrected chi connectivity index (χ1v) is 9.85. The third kappa shape index (κ3) is 5.04. The summed E-state index contributed by atoms with van der Waals surface area (Å²) in [6.45, 7) is 5.59. The van der Waals surface area contributed by atoms with Gasteiger partial charge in [0, 0.05) is 13.0 Å². The first-order valence-electron chi connectivity index (χ1n) is 9.85. The molecule has 0 fully saturated rings. The molecule has 0 radical (unpaired) electrons. The lowest BCUT2D eigenvalue weighted by Gasteiger charge is -2.25. The largest absolute Gasteiger partial charge is 0.493 e. The van der Waals surface area contributed by atoms with E-state index in [-0.39, 0.29) is 18.6 Å². The number of ether oxygens (including phenoxy) is 2. The number of fused-ring (bicyclic) bond motifs is 1. The van der Waals surface area contributed by atoms with E-state index in [1.165, 1.54) is 16.7 Å². The molecule has 1 aliphatic rings. The summed E-state index contributed by atoms with van der Waals surface area (Å²) in [4.78, 5) is 14.4. The molecule has 3 rings (SSSR count). The van der Waals surface area contributed by atoms with Crippen LogP contribution in [0.2, 0.25) is 0 Å². The van der Waals surface area contributed by atoms with Gasteiger partial charge in [0.2, 0.25) is 0 Å². The molecule has 150 valence electrons. The summed E-state index contributed by atoms with van der Waals surface area (Å²) >= 11 is 0. The fourth-order valence-electron chi connectivity index (χ4n) is 3.37. The molecule has 1 aliphatic heterocycles. The average Bonchev–Trinajstić information content (AvgIpc) is 3.14. The lowest BCUT2D eigenvalue weighted by atomic mass is 10.0. The van der Waals surface area contributed by atoms with E-state index in [4.69, 9.17) is 9.47 Å². The van der Waals surface area contributed by atoms with Crippen LogP contribution in [0.1, 0.15) is 42.5 Å². The third-order valence-corrected chi connectivity index (χ3v) is 5.13. The van der Waals surface area contributed by atoms with Crippen molar-refractivity contribution in [1.82, 2.24) is 10.2 Å². The minimum Gasteiger partial charge on any atom is -0.493 e. The second kappa shape index (κ2) is 9.11. The number of nitrogens with zero attached hydrogens (tertiary/aromatic N) is 1. The summed E-state index contributed by atoms with van der Waals surface area (Å²) < 4.78 is 11.2. The highest BCUT2D eigenvalue weighted by Crippen LogP contribution is 2.29. The fraction of sp³-hybridized carbons (Fsp3) is 0.435. The minimum absolute atomic E-state index is 0.0131. The van der Waals surface area contributed by atoms with Gasteiger partial charge in [0.15, 0.2) is 6.61 Å². The number of carbonyl (C=O) groups is 1. The molecule has 2 aromatic carbocycles. The van der Waals surface area contributed by atoms with Crippen molar-refractivity contribution in [3.05, 3.63) is 59.2 Å². The number of rotatable bonds is 8. The van der Waals surface area contributed by atoms with Gasteiger partial charge in [-0.05, 0) is 54.9 Å². The zero-order valence-corrected chi connectivity index (χ0v) is 17.2. The average molecular weight is 383 g/mol. The van der Waals surface area contributed by atoms with Crippen molar-refractivity contribution in [3.8, 4) is 11.5 Å². The predicted octanol–water partition coefficient (Wildman–Crippen LogP) is 3.54. The maximum Gasteiger partial charge on any atom is 0.258 e. The van der Waals surface area contributed by atoms with Crippen molar-refractivity contribution < 1.29 is 14.3 Å². The number of amides is 1. The lowest BCUT2D eigenvalue weighted by molar-refractivity contribution is -0.123. The van der Waals surface area contributed by atoms with Crippen LogP contribution in [-0.4, -0.2) is 44.7 Å². The monoisotopic (exact) mass is 382 g/mol. The van der Waals surface area contributed by atoms with Crippen molar-refractivity contribution in [1.29, 1.82) is 0 Å². The van der Waals surface area contributed by atoms with Gasteiger partial charge in [0.05, 0.1) is 12.6 Å².